The summed E-state index contributed by atoms with van der Waals surface area (Å²) in [4.78, 5) is -0.971. The predicted molar refractivity (Wildman–Crippen MR) is 75.3 cm³/mol. The predicted octanol–water partition coefficient (Wildman–Crippen LogP) is 6.11. The van der Waals surface area contributed by atoms with Crippen molar-refractivity contribution in [3.63, 3.8) is 0 Å². The largest absolute Gasteiger partial charge is 0.457 e. The van der Waals surface area contributed by atoms with E-state index >= 15 is 0 Å². The zero-order chi connectivity index (χ0) is 20.0. The topological polar surface area (TPSA) is 26.0 Å². The highest BCUT2D eigenvalue weighted by Gasteiger charge is 2.81. The van der Waals surface area contributed by atoms with Gasteiger partial charge in [0, 0.05) is 14.0 Å². The van der Waals surface area contributed by atoms with Crippen molar-refractivity contribution >= 4 is 40.0 Å². The smallest absolute Gasteiger partial charge is 0.397 e. The molecule has 0 heterocycles. The molecule has 0 aliphatic heterocycles. The molecule has 1 aromatic rings. The Kier molecular flexibility index (Phi) is 6.09. The van der Waals surface area contributed by atoms with E-state index in [4.69, 9.17) is 5.73 Å². The van der Waals surface area contributed by atoms with Crippen LogP contribution >= 0.6 is 34.4 Å². The minimum absolute atomic E-state index is 0.00143. The van der Waals surface area contributed by atoms with Crippen LogP contribution in [0.1, 0.15) is 5.56 Å². The molecule has 14 heteroatoms. The molecule has 0 amide bonds. The molecule has 1 rings (SSSR count). The summed E-state index contributed by atoms with van der Waals surface area (Å²) in [5.41, 5.74) is -3.74. The maximum atomic E-state index is 14.3. The fourth-order valence-corrected chi connectivity index (χ4v) is 3.14. The Morgan fingerprint density at radius 3 is 1.72 bits per heavy atom. The van der Waals surface area contributed by atoms with Crippen LogP contribution in [0.4, 0.5) is 54.0 Å². The third-order valence-corrected chi connectivity index (χ3v) is 4.55. The highest BCUT2D eigenvalue weighted by molar-refractivity contribution is 14.1. The van der Waals surface area contributed by atoms with Crippen LogP contribution in [0.25, 0.3) is 0 Å². The average molecular weight is 519 g/mol. The molecule has 1 aromatic carbocycles. The van der Waals surface area contributed by atoms with E-state index < -0.39 is 61.2 Å². The molecule has 1 unspecified atom stereocenters. The number of alkyl halides is 11. The van der Waals surface area contributed by atoms with E-state index in [9.17, 15) is 48.3 Å². The molecule has 0 radical (unpaired) electrons. The maximum Gasteiger partial charge on any atom is 0.457 e. The molecule has 25 heavy (non-hydrogen) atoms. The fourth-order valence-electron chi connectivity index (χ4n) is 1.70. The van der Waals surface area contributed by atoms with Gasteiger partial charge in [-0.1, -0.05) is 11.8 Å². The van der Waals surface area contributed by atoms with Crippen molar-refractivity contribution in [1.29, 1.82) is 0 Å². The first kappa shape index (κ1) is 22.4. The fraction of sp³-hybridized carbons (Fsp3) is 0.455. The number of nitrogens with two attached hydrogens (primary N) is 1. The van der Waals surface area contributed by atoms with Gasteiger partial charge in [0.25, 0.3) is 5.76 Å². The summed E-state index contributed by atoms with van der Waals surface area (Å²) in [6.45, 7) is 0. The van der Waals surface area contributed by atoms with E-state index in [0.29, 0.717) is 0 Å². The Balaban J connectivity index is 3.78. The van der Waals surface area contributed by atoms with Gasteiger partial charge in [0.15, 0.2) is 0 Å². The minimum Gasteiger partial charge on any atom is -0.397 e. The van der Waals surface area contributed by atoms with Crippen LogP contribution in [0.3, 0.4) is 0 Å². The molecule has 0 saturated heterocycles. The average Bonchev–Trinajstić information content (AvgIpc) is 2.39. The second-order valence-corrected chi connectivity index (χ2v) is 6.67. The third-order valence-electron chi connectivity index (χ3n) is 2.88. The van der Waals surface area contributed by atoms with E-state index in [-0.39, 0.29) is 12.1 Å². The number of anilines is 1. The molecule has 0 aliphatic rings. The van der Waals surface area contributed by atoms with Gasteiger partial charge in [-0.25, -0.2) is 4.39 Å². The molecule has 0 saturated carbocycles. The number of nitrogen functional groups attached to an aromatic ring is 1. The van der Waals surface area contributed by atoms with Crippen LogP contribution in [0.15, 0.2) is 17.0 Å². The lowest BCUT2D eigenvalue weighted by atomic mass is 9.87. The molecule has 1 nitrogen and oxygen atoms in total. The molecule has 2 N–H and O–H groups in total. The Hall–Kier alpha value is -0.670. The molecule has 0 aliphatic carbocycles. The first-order chi connectivity index (χ1) is 11.0. The normalized spacial score (nSPS) is 16.2. The lowest BCUT2D eigenvalue weighted by Gasteiger charge is -2.36. The highest BCUT2D eigenvalue weighted by atomic mass is 127. The first-order valence-electron chi connectivity index (χ1n) is 5.71. The van der Waals surface area contributed by atoms with Crippen LogP contribution < -0.4 is 5.73 Å². The summed E-state index contributed by atoms with van der Waals surface area (Å²) in [5.74, 6) is -10.2. The summed E-state index contributed by atoms with van der Waals surface area (Å²) in [5, 5.41) is 0. The zero-order valence-corrected chi connectivity index (χ0v) is 14.2. The monoisotopic (exact) mass is 519 g/mol. The molecule has 0 fully saturated rings. The molecule has 0 bridgehead atoms. The Labute approximate surface area is 150 Å². The van der Waals surface area contributed by atoms with Crippen molar-refractivity contribution in [3.8, 4) is 0 Å². The second-order valence-electron chi connectivity index (χ2n) is 4.48. The van der Waals surface area contributed by atoms with Gasteiger partial charge in [0.2, 0.25) is 0 Å². The second kappa shape index (κ2) is 6.81. The SMILES string of the molecule is Nc1c(I)cc(C(F)(C(F)(F)F)C(F)(F)C(F)(F)F)cc1SC(F)F. The summed E-state index contributed by atoms with van der Waals surface area (Å²) < 4.78 is 141. The van der Waals surface area contributed by atoms with Crippen LogP contribution in [-0.2, 0) is 5.67 Å². The summed E-state index contributed by atoms with van der Waals surface area (Å²) >= 11 is 0.571. The van der Waals surface area contributed by atoms with Crippen molar-refractivity contribution in [1.82, 2.24) is 0 Å². The van der Waals surface area contributed by atoms with Gasteiger partial charge in [-0.05, 0) is 34.7 Å². The lowest BCUT2D eigenvalue weighted by Crippen LogP contribution is -2.59. The summed E-state index contributed by atoms with van der Waals surface area (Å²) in [7, 11) is 0. The Morgan fingerprint density at radius 2 is 1.36 bits per heavy atom. The number of hydrogen-bond acceptors (Lipinski definition) is 2. The highest BCUT2D eigenvalue weighted by Crippen LogP contribution is 2.59. The van der Waals surface area contributed by atoms with Crippen molar-refractivity contribution in [2.75, 3.05) is 5.73 Å². The first-order valence-corrected chi connectivity index (χ1v) is 7.67. The van der Waals surface area contributed by atoms with Crippen LogP contribution in [0.5, 0.6) is 0 Å². The van der Waals surface area contributed by atoms with Crippen molar-refractivity contribution in [3.05, 3.63) is 21.3 Å². The van der Waals surface area contributed by atoms with E-state index in [2.05, 4.69) is 0 Å². The molecule has 144 valence electrons. The van der Waals surface area contributed by atoms with Gasteiger partial charge in [-0.3, -0.25) is 0 Å². The van der Waals surface area contributed by atoms with Gasteiger partial charge in [-0.15, -0.1) is 0 Å². The summed E-state index contributed by atoms with van der Waals surface area (Å²) in [6.07, 6.45) is -13.6. The van der Waals surface area contributed by atoms with Gasteiger partial charge >= 0.3 is 23.9 Å². The van der Waals surface area contributed by atoms with E-state index in [1.165, 1.54) is 0 Å². The molecule has 0 spiro atoms. The van der Waals surface area contributed by atoms with Gasteiger partial charge in [0.05, 0.1) is 5.69 Å². The van der Waals surface area contributed by atoms with E-state index in [0.717, 1.165) is 22.6 Å². The summed E-state index contributed by atoms with van der Waals surface area (Å²) in [6, 6.07) is -0.194. The van der Waals surface area contributed by atoms with E-state index in [1.807, 2.05) is 0 Å². The van der Waals surface area contributed by atoms with Crippen molar-refractivity contribution in [2.24, 2.45) is 0 Å². The zero-order valence-electron chi connectivity index (χ0n) is 11.3. The van der Waals surface area contributed by atoms with Gasteiger partial charge < -0.3 is 5.73 Å². The molecular weight excluding hydrogens is 514 g/mol. The number of benzene rings is 1. The quantitative estimate of drug-likeness (QED) is 0.225. The van der Waals surface area contributed by atoms with E-state index in [1.54, 1.807) is 0 Å². The lowest BCUT2D eigenvalue weighted by molar-refractivity contribution is -0.389. The molecular formula is C11H5F11INS. The molecule has 1 atom stereocenters. The number of halogens is 12. The third kappa shape index (κ3) is 3.88. The van der Waals surface area contributed by atoms with Crippen LogP contribution in [0.2, 0.25) is 0 Å². The Bertz CT molecular complexity index is 642. The van der Waals surface area contributed by atoms with Gasteiger partial charge in [0.1, 0.15) is 0 Å². The standard InChI is InChI=1S/C11H5F11INS/c12-7(13)25-5-2-3(1-4(23)6(5)24)8(14,10(17,18)19)9(15,16)11(20,21)22/h1-2,7H,24H2. The van der Waals surface area contributed by atoms with Crippen LogP contribution in [-0.4, -0.2) is 24.0 Å². The number of thioether (sulfide) groups is 1. The maximum absolute atomic E-state index is 14.3. The van der Waals surface area contributed by atoms with Crippen molar-refractivity contribution < 1.29 is 48.3 Å². The van der Waals surface area contributed by atoms with Gasteiger partial charge in [-0.2, -0.15) is 43.9 Å². The molecule has 0 aromatic heterocycles. The number of rotatable bonds is 4. The Morgan fingerprint density at radius 1 is 0.880 bits per heavy atom. The minimum atomic E-state index is -6.90. The van der Waals surface area contributed by atoms with Crippen LogP contribution in [0, 0.1) is 3.57 Å². The van der Waals surface area contributed by atoms with Crippen molar-refractivity contribution in [2.45, 2.75) is 34.6 Å². The number of hydrogen-bond donors (Lipinski definition) is 1.